The van der Waals surface area contributed by atoms with Crippen molar-refractivity contribution < 1.29 is 0 Å². The molecule has 0 N–H and O–H groups in total. The maximum Gasteiger partial charge on any atom is 0.0397 e. The third-order valence-electron chi connectivity index (χ3n) is 3.10. The molecule has 1 aromatic rings. The molecule has 1 aromatic heterocycles. The van der Waals surface area contributed by atoms with Gasteiger partial charge in [0.25, 0.3) is 0 Å². The van der Waals surface area contributed by atoms with E-state index in [0.717, 1.165) is 13.1 Å². The summed E-state index contributed by atoms with van der Waals surface area (Å²) in [6, 6.07) is 4.19. The van der Waals surface area contributed by atoms with Crippen LogP contribution in [0.3, 0.4) is 0 Å². The lowest BCUT2D eigenvalue weighted by molar-refractivity contribution is 0.182. The van der Waals surface area contributed by atoms with Crippen LogP contribution in [0, 0.1) is 5.41 Å². The van der Waals surface area contributed by atoms with Gasteiger partial charge in [0.05, 0.1) is 0 Å². The lowest BCUT2D eigenvalue weighted by Crippen LogP contribution is -2.48. The molecule has 3 nitrogen and oxygen atoms in total. The molecule has 0 bridgehead atoms. The van der Waals surface area contributed by atoms with Crippen molar-refractivity contribution in [1.29, 1.82) is 0 Å². The minimum absolute atomic E-state index is 0.402. The SMILES string of the molecule is CC(C)(C)CN1CCN(c2ccncc2)CC1. The van der Waals surface area contributed by atoms with E-state index in [2.05, 4.69) is 47.7 Å². The fraction of sp³-hybridized carbons (Fsp3) is 0.643. The Morgan fingerprint density at radius 3 is 2.18 bits per heavy atom. The molecule has 3 heteroatoms. The molecule has 0 amide bonds. The van der Waals surface area contributed by atoms with Crippen LogP contribution in [0.4, 0.5) is 5.69 Å². The maximum absolute atomic E-state index is 4.07. The average molecular weight is 233 g/mol. The molecule has 0 radical (unpaired) electrons. The van der Waals surface area contributed by atoms with Crippen LogP contribution >= 0.6 is 0 Å². The Morgan fingerprint density at radius 2 is 1.65 bits per heavy atom. The molecule has 2 rings (SSSR count). The van der Waals surface area contributed by atoms with Gasteiger partial charge in [-0.25, -0.2) is 0 Å². The van der Waals surface area contributed by atoms with E-state index in [-0.39, 0.29) is 0 Å². The van der Waals surface area contributed by atoms with Crippen molar-refractivity contribution >= 4 is 5.69 Å². The maximum atomic E-state index is 4.07. The van der Waals surface area contributed by atoms with Gasteiger partial charge in [-0.1, -0.05) is 20.8 Å². The van der Waals surface area contributed by atoms with Crippen LogP contribution in [0.5, 0.6) is 0 Å². The summed E-state index contributed by atoms with van der Waals surface area (Å²) in [6.45, 7) is 12.7. The zero-order valence-corrected chi connectivity index (χ0v) is 11.2. The largest absolute Gasteiger partial charge is 0.369 e. The van der Waals surface area contributed by atoms with Crippen molar-refractivity contribution in [3.05, 3.63) is 24.5 Å². The highest BCUT2D eigenvalue weighted by atomic mass is 15.3. The van der Waals surface area contributed by atoms with Gasteiger partial charge in [-0.15, -0.1) is 0 Å². The molecule has 2 heterocycles. The van der Waals surface area contributed by atoms with Crippen molar-refractivity contribution in [3.63, 3.8) is 0 Å². The van der Waals surface area contributed by atoms with Crippen LogP contribution in [0.1, 0.15) is 20.8 Å². The Bertz CT molecular complexity index is 334. The molecule has 0 aromatic carbocycles. The van der Waals surface area contributed by atoms with Gasteiger partial charge in [-0.2, -0.15) is 0 Å². The van der Waals surface area contributed by atoms with Gasteiger partial charge < -0.3 is 4.90 Å². The number of piperazine rings is 1. The fourth-order valence-corrected chi connectivity index (χ4v) is 2.39. The highest BCUT2D eigenvalue weighted by molar-refractivity contribution is 5.44. The number of nitrogens with zero attached hydrogens (tertiary/aromatic N) is 3. The van der Waals surface area contributed by atoms with Crippen LogP contribution in [0.2, 0.25) is 0 Å². The molecule has 1 aliphatic heterocycles. The second kappa shape index (κ2) is 5.05. The van der Waals surface area contributed by atoms with Crippen molar-refractivity contribution in [3.8, 4) is 0 Å². The number of hydrogen-bond acceptors (Lipinski definition) is 3. The van der Waals surface area contributed by atoms with Crippen molar-refractivity contribution in [2.24, 2.45) is 5.41 Å². The topological polar surface area (TPSA) is 19.4 Å². The summed E-state index contributed by atoms with van der Waals surface area (Å²) in [4.78, 5) is 9.08. The van der Waals surface area contributed by atoms with Gasteiger partial charge in [0, 0.05) is 50.8 Å². The zero-order chi connectivity index (χ0) is 12.3. The third-order valence-corrected chi connectivity index (χ3v) is 3.10. The summed E-state index contributed by atoms with van der Waals surface area (Å²) in [5.74, 6) is 0. The second-order valence-corrected chi connectivity index (χ2v) is 6.03. The Hall–Kier alpha value is -1.09. The fourth-order valence-electron chi connectivity index (χ4n) is 2.39. The first kappa shape index (κ1) is 12.4. The van der Waals surface area contributed by atoms with Crippen LogP contribution in [0.15, 0.2) is 24.5 Å². The minimum Gasteiger partial charge on any atom is -0.369 e. The van der Waals surface area contributed by atoms with Gasteiger partial charge in [-0.05, 0) is 17.5 Å². The molecular weight excluding hydrogens is 210 g/mol. The van der Waals surface area contributed by atoms with Gasteiger partial charge >= 0.3 is 0 Å². The van der Waals surface area contributed by atoms with Gasteiger partial charge in [0.1, 0.15) is 0 Å². The smallest absolute Gasteiger partial charge is 0.0397 e. The molecule has 0 saturated carbocycles. The molecule has 1 saturated heterocycles. The molecule has 1 aliphatic rings. The van der Waals surface area contributed by atoms with Crippen LogP contribution in [-0.4, -0.2) is 42.6 Å². The van der Waals surface area contributed by atoms with Crippen molar-refractivity contribution in [2.75, 3.05) is 37.6 Å². The molecule has 0 atom stereocenters. The number of aromatic nitrogens is 1. The quantitative estimate of drug-likeness (QED) is 0.781. The lowest BCUT2D eigenvalue weighted by atomic mass is 9.96. The Kier molecular flexibility index (Phi) is 3.67. The number of hydrogen-bond donors (Lipinski definition) is 0. The molecule has 0 aliphatic carbocycles. The Labute approximate surface area is 104 Å². The van der Waals surface area contributed by atoms with Crippen molar-refractivity contribution in [1.82, 2.24) is 9.88 Å². The normalized spacial score (nSPS) is 18.4. The van der Waals surface area contributed by atoms with E-state index >= 15 is 0 Å². The molecular formula is C14H23N3. The van der Waals surface area contributed by atoms with E-state index < -0.39 is 0 Å². The summed E-state index contributed by atoms with van der Waals surface area (Å²) < 4.78 is 0. The molecule has 1 fully saturated rings. The second-order valence-electron chi connectivity index (χ2n) is 6.03. The highest BCUT2D eigenvalue weighted by Gasteiger charge is 2.21. The number of anilines is 1. The minimum atomic E-state index is 0.402. The number of rotatable bonds is 2. The first-order chi connectivity index (χ1) is 8.04. The Morgan fingerprint density at radius 1 is 1.06 bits per heavy atom. The average Bonchev–Trinajstić information content (AvgIpc) is 2.29. The highest BCUT2D eigenvalue weighted by Crippen LogP contribution is 2.19. The Balaban J connectivity index is 1.86. The predicted octanol–water partition coefficient (Wildman–Crippen LogP) is 2.25. The van der Waals surface area contributed by atoms with E-state index in [1.165, 1.54) is 25.3 Å². The van der Waals surface area contributed by atoms with Crippen LogP contribution < -0.4 is 4.90 Å². The molecule has 17 heavy (non-hydrogen) atoms. The van der Waals surface area contributed by atoms with Crippen molar-refractivity contribution in [2.45, 2.75) is 20.8 Å². The number of pyridine rings is 1. The summed E-state index contributed by atoms with van der Waals surface area (Å²) in [5.41, 5.74) is 1.70. The summed E-state index contributed by atoms with van der Waals surface area (Å²) in [7, 11) is 0. The first-order valence-electron chi connectivity index (χ1n) is 6.42. The van der Waals surface area contributed by atoms with E-state index in [1.54, 1.807) is 0 Å². The van der Waals surface area contributed by atoms with Crippen LogP contribution in [-0.2, 0) is 0 Å². The van der Waals surface area contributed by atoms with E-state index in [1.807, 2.05) is 12.4 Å². The summed E-state index contributed by atoms with van der Waals surface area (Å²) in [5, 5.41) is 0. The standard InChI is InChI=1S/C14H23N3/c1-14(2,3)12-16-8-10-17(11-9-16)13-4-6-15-7-5-13/h4-7H,8-12H2,1-3H3. The molecule has 0 unspecified atom stereocenters. The lowest BCUT2D eigenvalue weighted by Gasteiger charge is -2.38. The van der Waals surface area contributed by atoms with Crippen LogP contribution in [0.25, 0.3) is 0 Å². The van der Waals surface area contributed by atoms with E-state index in [9.17, 15) is 0 Å². The third kappa shape index (κ3) is 3.70. The summed E-state index contributed by atoms with van der Waals surface area (Å²) >= 11 is 0. The zero-order valence-electron chi connectivity index (χ0n) is 11.2. The van der Waals surface area contributed by atoms with E-state index in [0.29, 0.717) is 5.41 Å². The molecule has 94 valence electrons. The predicted molar refractivity (Wildman–Crippen MR) is 72.3 cm³/mol. The molecule has 0 spiro atoms. The van der Waals surface area contributed by atoms with Gasteiger partial charge in [0.2, 0.25) is 0 Å². The van der Waals surface area contributed by atoms with E-state index in [4.69, 9.17) is 0 Å². The van der Waals surface area contributed by atoms with Gasteiger partial charge in [0.15, 0.2) is 0 Å². The first-order valence-corrected chi connectivity index (χ1v) is 6.42. The monoisotopic (exact) mass is 233 g/mol. The summed E-state index contributed by atoms with van der Waals surface area (Å²) in [6.07, 6.45) is 3.74. The van der Waals surface area contributed by atoms with Gasteiger partial charge in [-0.3, -0.25) is 9.88 Å².